The molecule has 0 saturated carbocycles. The monoisotopic (exact) mass is 375 g/mol. The third-order valence-corrected chi connectivity index (χ3v) is 5.36. The lowest BCUT2D eigenvalue weighted by Gasteiger charge is -2.38. The quantitative estimate of drug-likeness (QED) is 0.611. The molecule has 0 unspecified atom stereocenters. The second kappa shape index (κ2) is 6.39. The van der Waals surface area contributed by atoms with Gasteiger partial charge in [0.1, 0.15) is 5.75 Å². The Balaban J connectivity index is 1.60. The normalized spacial score (nSPS) is 20.5. The van der Waals surface area contributed by atoms with Gasteiger partial charge in [0.2, 0.25) is 6.23 Å². The van der Waals surface area contributed by atoms with E-state index in [4.69, 9.17) is 21.4 Å². The summed E-state index contributed by atoms with van der Waals surface area (Å²) in [5.74, 6) is 0.864. The summed E-state index contributed by atoms with van der Waals surface area (Å²) < 4.78 is 6.32. The van der Waals surface area contributed by atoms with Gasteiger partial charge in [-0.05, 0) is 42.8 Å². The molecule has 5 rings (SSSR count). The van der Waals surface area contributed by atoms with Crippen molar-refractivity contribution in [2.75, 3.05) is 0 Å². The average molecular weight is 376 g/mol. The molecule has 0 spiro atoms. The highest BCUT2D eigenvalue weighted by molar-refractivity contribution is 6.30. The summed E-state index contributed by atoms with van der Waals surface area (Å²) in [6, 6.07) is 18.4. The van der Waals surface area contributed by atoms with Gasteiger partial charge in [-0.25, -0.2) is 5.01 Å². The lowest BCUT2D eigenvalue weighted by atomic mass is 9.95. The molecular formula is C22H18ClN3O. The summed E-state index contributed by atoms with van der Waals surface area (Å²) in [5, 5.41) is 7.73. The molecule has 2 atom stereocenters. The topological polar surface area (TPSA) is 37.7 Å². The van der Waals surface area contributed by atoms with Crippen molar-refractivity contribution >= 4 is 17.3 Å². The highest BCUT2D eigenvalue weighted by atomic mass is 35.5. The van der Waals surface area contributed by atoms with Gasteiger partial charge in [0.25, 0.3) is 0 Å². The van der Waals surface area contributed by atoms with Crippen molar-refractivity contribution in [3.63, 3.8) is 0 Å². The van der Waals surface area contributed by atoms with Gasteiger partial charge in [0.15, 0.2) is 0 Å². The number of halogens is 1. The summed E-state index contributed by atoms with van der Waals surface area (Å²) in [4.78, 5) is 4.13. The van der Waals surface area contributed by atoms with E-state index in [0.29, 0.717) is 5.02 Å². The summed E-state index contributed by atoms with van der Waals surface area (Å²) >= 11 is 6.27. The summed E-state index contributed by atoms with van der Waals surface area (Å²) in [5.41, 5.74) is 5.57. The minimum absolute atomic E-state index is 0.0990. The zero-order valence-corrected chi connectivity index (χ0v) is 15.6. The molecule has 3 heterocycles. The number of rotatable bonds is 2. The van der Waals surface area contributed by atoms with Crippen molar-refractivity contribution in [3.8, 4) is 5.75 Å². The first-order valence-corrected chi connectivity index (χ1v) is 9.36. The molecule has 0 amide bonds. The van der Waals surface area contributed by atoms with E-state index in [0.717, 1.165) is 34.6 Å². The Hall–Kier alpha value is -2.85. The Kier molecular flexibility index (Phi) is 3.87. The zero-order valence-electron chi connectivity index (χ0n) is 14.8. The van der Waals surface area contributed by atoms with Crippen LogP contribution < -0.4 is 4.74 Å². The van der Waals surface area contributed by atoms with Gasteiger partial charge in [-0.15, -0.1) is 0 Å². The fraction of sp³-hybridized carbons (Fsp3) is 0.182. The molecule has 3 aromatic rings. The molecule has 5 heteroatoms. The Bertz CT molecular complexity index is 1020. The molecule has 0 fully saturated rings. The number of aromatic nitrogens is 1. The highest BCUT2D eigenvalue weighted by Crippen LogP contribution is 2.48. The number of hydrazone groups is 1. The van der Waals surface area contributed by atoms with E-state index < -0.39 is 0 Å². The molecule has 2 aromatic carbocycles. The number of ether oxygens (including phenoxy) is 1. The lowest BCUT2D eigenvalue weighted by Crippen LogP contribution is -2.33. The second-order valence-electron chi connectivity index (χ2n) is 6.95. The fourth-order valence-corrected chi connectivity index (χ4v) is 3.91. The van der Waals surface area contributed by atoms with E-state index in [2.05, 4.69) is 41.2 Å². The maximum absolute atomic E-state index is 6.32. The van der Waals surface area contributed by atoms with Crippen LogP contribution in [0.25, 0.3) is 0 Å². The Morgan fingerprint density at radius 2 is 1.81 bits per heavy atom. The second-order valence-corrected chi connectivity index (χ2v) is 7.38. The molecule has 0 aliphatic carbocycles. The number of aryl methyl sites for hydroxylation is 1. The van der Waals surface area contributed by atoms with Crippen molar-refractivity contribution in [2.24, 2.45) is 5.10 Å². The first kappa shape index (κ1) is 16.3. The van der Waals surface area contributed by atoms with Gasteiger partial charge in [-0.1, -0.05) is 41.4 Å². The minimum atomic E-state index is -0.283. The Labute approximate surface area is 163 Å². The third kappa shape index (κ3) is 2.86. The first-order valence-electron chi connectivity index (χ1n) is 8.98. The summed E-state index contributed by atoms with van der Waals surface area (Å²) in [6.45, 7) is 2.09. The van der Waals surface area contributed by atoms with Crippen LogP contribution in [0, 0.1) is 6.92 Å². The number of fused-ring (bicyclic) bond motifs is 3. The molecule has 4 nitrogen and oxygen atoms in total. The molecule has 134 valence electrons. The largest absolute Gasteiger partial charge is 0.464 e. The molecular weight excluding hydrogens is 358 g/mol. The van der Waals surface area contributed by atoms with Crippen LogP contribution in [0.5, 0.6) is 5.75 Å². The van der Waals surface area contributed by atoms with Crippen LogP contribution in [0.3, 0.4) is 0 Å². The van der Waals surface area contributed by atoms with E-state index >= 15 is 0 Å². The summed E-state index contributed by atoms with van der Waals surface area (Å²) in [7, 11) is 0. The predicted molar refractivity (Wildman–Crippen MR) is 106 cm³/mol. The van der Waals surface area contributed by atoms with Crippen LogP contribution in [0.2, 0.25) is 5.02 Å². The van der Waals surface area contributed by atoms with Gasteiger partial charge in [-0.2, -0.15) is 5.10 Å². The molecule has 2 aliphatic rings. The van der Waals surface area contributed by atoms with Crippen LogP contribution in [-0.4, -0.2) is 15.7 Å². The standard InChI is InChI=1S/C22H18ClN3O/c1-14-2-4-15(5-3-14)19-13-20-18-12-17(23)6-7-21(18)27-22(26(20)25-19)16-8-10-24-11-9-16/h2-12,20,22H,13H2,1H3/t20-,22-/m1/s1. The molecule has 1 aromatic heterocycles. The Morgan fingerprint density at radius 3 is 2.59 bits per heavy atom. The van der Waals surface area contributed by atoms with Gasteiger partial charge >= 0.3 is 0 Å². The van der Waals surface area contributed by atoms with Gasteiger partial charge in [0, 0.05) is 35.0 Å². The zero-order chi connectivity index (χ0) is 18.4. The highest BCUT2D eigenvalue weighted by Gasteiger charge is 2.41. The third-order valence-electron chi connectivity index (χ3n) is 5.13. The van der Waals surface area contributed by atoms with E-state index in [1.807, 2.05) is 30.3 Å². The number of hydrogen-bond acceptors (Lipinski definition) is 4. The van der Waals surface area contributed by atoms with E-state index in [1.165, 1.54) is 5.56 Å². The van der Waals surface area contributed by atoms with Crippen LogP contribution in [0.15, 0.2) is 72.1 Å². The number of nitrogens with zero attached hydrogens (tertiary/aromatic N) is 3. The van der Waals surface area contributed by atoms with E-state index in [1.54, 1.807) is 12.4 Å². The van der Waals surface area contributed by atoms with Crippen LogP contribution in [-0.2, 0) is 0 Å². The van der Waals surface area contributed by atoms with Crippen molar-refractivity contribution < 1.29 is 4.74 Å². The van der Waals surface area contributed by atoms with Crippen LogP contribution >= 0.6 is 11.6 Å². The molecule has 0 radical (unpaired) electrons. The average Bonchev–Trinajstić information content (AvgIpc) is 3.14. The maximum Gasteiger partial charge on any atom is 0.213 e. The van der Waals surface area contributed by atoms with E-state index in [-0.39, 0.29) is 12.3 Å². The molecule has 0 N–H and O–H groups in total. The predicted octanol–water partition coefficient (Wildman–Crippen LogP) is 5.29. The smallest absolute Gasteiger partial charge is 0.213 e. The molecule has 0 bridgehead atoms. The fourth-order valence-electron chi connectivity index (χ4n) is 3.73. The lowest BCUT2D eigenvalue weighted by molar-refractivity contribution is -0.0190. The maximum atomic E-state index is 6.32. The van der Waals surface area contributed by atoms with Gasteiger partial charge in [-0.3, -0.25) is 4.98 Å². The summed E-state index contributed by atoms with van der Waals surface area (Å²) in [6.07, 6.45) is 4.10. The van der Waals surface area contributed by atoms with Crippen LogP contribution in [0.1, 0.15) is 40.9 Å². The Morgan fingerprint density at radius 1 is 1.04 bits per heavy atom. The van der Waals surface area contributed by atoms with Gasteiger partial charge < -0.3 is 4.74 Å². The SMILES string of the molecule is Cc1ccc(C2=NN3[C@H](C2)c2cc(Cl)ccc2O[C@@H]3c2ccncc2)cc1. The van der Waals surface area contributed by atoms with Crippen molar-refractivity contribution in [1.29, 1.82) is 0 Å². The number of hydrogen-bond donors (Lipinski definition) is 0. The van der Waals surface area contributed by atoms with Gasteiger partial charge in [0.05, 0.1) is 11.8 Å². The van der Waals surface area contributed by atoms with Crippen LogP contribution in [0.4, 0.5) is 0 Å². The first-order chi connectivity index (χ1) is 13.2. The number of benzene rings is 2. The minimum Gasteiger partial charge on any atom is -0.464 e. The van der Waals surface area contributed by atoms with Crippen molar-refractivity contribution in [2.45, 2.75) is 25.6 Å². The number of pyridine rings is 1. The van der Waals surface area contributed by atoms with E-state index in [9.17, 15) is 0 Å². The molecule has 27 heavy (non-hydrogen) atoms. The molecule has 0 saturated heterocycles. The molecule has 2 aliphatic heterocycles. The van der Waals surface area contributed by atoms with Crippen molar-refractivity contribution in [1.82, 2.24) is 9.99 Å². The van der Waals surface area contributed by atoms with Crippen molar-refractivity contribution in [3.05, 3.63) is 94.3 Å².